The molecule has 2 heterocycles. The number of pyridine rings is 1. The highest BCUT2D eigenvalue weighted by molar-refractivity contribution is 5.86. The third-order valence-electron chi connectivity index (χ3n) is 3.40. The second kappa shape index (κ2) is 9.35. The molecule has 116 valence electrons. The van der Waals surface area contributed by atoms with Gasteiger partial charge in [0.2, 0.25) is 0 Å². The van der Waals surface area contributed by atoms with Gasteiger partial charge in [0.25, 0.3) is 0 Å². The molecule has 1 N–H and O–H groups in total. The first-order valence-corrected chi connectivity index (χ1v) is 7.95. The molecule has 0 aliphatic carbocycles. The van der Waals surface area contributed by atoms with Crippen LogP contribution in [0, 0.1) is 6.92 Å². The summed E-state index contributed by atoms with van der Waals surface area (Å²) in [6.45, 7) is 8.45. The molecular formula is C18H29N3. The number of rotatable bonds is 1. The average molecular weight is 287 g/mol. The van der Waals surface area contributed by atoms with Crippen molar-refractivity contribution in [1.82, 2.24) is 10.3 Å². The predicted octanol–water partition coefficient (Wildman–Crippen LogP) is 4.01. The zero-order valence-electron chi connectivity index (χ0n) is 14.1. The molecule has 1 aliphatic heterocycles. The fourth-order valence-corrected chi connectivity index (χ4v) is 2.43. The summed E-state index contributed by atoms with van der Waals surface area (Å²) in [4.78, 5) is 6.95. The monoisotopic (exact) mass is 287 g/mol. The number of hydrogen-bond acceptors (Lipinski definition) is 3. The molecule has 0 unspecified atom stereocenters. The second-order valence-corrected chi connectivity index (χ2v) is 5.03. The molecule has 1 aromatic carbocycles. The van der Waals surface area contributed by atoms with Crippen LogP contribution in [0.1, 0.15) is 32.3 Å². The Morgan fingerprint density at radius 2 is 1.71 bits per heavy atom. The van der Waals surface area contributed by atoms with E-state index in [9.17, 15) is 0 Å². The molecule has 1 saturated heterocycles. The second-order valence-electron chi connectivity index (χ2n) is 5.03. The van der Waals surface area contributed by atoms with Gasteiger partial charge in [0.15, 0.2) is 0 Å². The van der Waals surface area contributed by atoms with Gasteiger partial charge in [-0.2, -0.15) is 0 Å². The standard InChI is InChI=1S/C14H16N2.C2H7N.C2H6/c1-11-5-4-6-12-9-14(15-10-13(11)12)16-7-2-3-8-16;1-3-2;1-2/h4-6,9-10H,2-3,7-8H2,1H3;3H,1-2H3;1-2H3. The van der Waals surface area contributed by atoms with Gasteiger partial charge in [-0.1, -0.05) is 32.0 Å². The first-order valence-electron chi connectivity index (χ1n) is 7.95. The highest BCUT2D eigenvalue weighted by Gasteiger charge is 2.13. The first kappa shape index (κ1) is 17.4. The van der Waals surface area contributed by atoms with Crippen LogP contribution in [0.2, 0.25) is 0 Å². The number of hydrogen-bond donors (Lipinski definition) is 1. The summed E-state index contributed by atoms with van der Waals surface area (Å²) in [6, 6.07) is 8.64. The van der Waals surface area contributed by atoms with Crippen molar-refractivity contribution in [3.05, 3.63) is 36.0 Å². The van der Waals surface area contributed by atoms with E-state index in [2.05, 4.69) is 46.4 Å². The predicted molar refractivity (Wildman–Crippen MR) is 94.3 cm³/mol. The third kappa shape index (κ3) is 4.71. The van der Waals surface area contributed by atoms with Crippen molar-refractivity contribution in [2.24, 2.45) is 0 Å². The smallest absolute Gasteiger partial charge is 0.129 e. The maximum atomic E-state index is 4.58. The molecule has 0 spiro atoms. The molecule has 0 bridgehead atoms. The van der Waals surface area contributed by atoms with E-state index in [0.717, 1.165) is 18.9 Å². The minimum Gasteiger partial charge on any atom is -0.357 e. The quantitative estimate of drug-likeness (QED) is 0.859. The zero-order valence-corrected chi connectivity index (χ0v) is 14.1. The molecule has 3 nitrogen and oxygen atoms in total. The van der Waals surface area contributed by atoms with Gasteiger partial charge in [-0.05, 0) is 50.9 Å². The Morgan fingerprint density at radius 1 is 1.10 bits per heavy atom. The molecule has 0 amide bonds. The number of anilines is 1. The normalized spacial score (nSPS) is 13.3. The van der Waals surface area contributed by atoms with Crippen molar-refractivity contribution in [3.8, 4) is 0 Å². The minimum atomic E-state index is 1.13. The van der Waals surface area contributed by atoms with Crippen molar-refractivity contribution in [2.75, 3.05) is 32.1 Å². The fourth-order valence-electron chi connectivity index (χ4n) is 2.43. The van der Waals surface area contributed by atoms with E-state index in [-0.39, 0.29) is 0 Å². The Kier molecular flexibility index (Phi) is 7.76. The topological polar surface area (TPSA) is 28.2 Å². The zero-order chi connectivity index (χ0) is 15.7. The van der Waals surface area contributed by atoms with Gasteiger partial charge >= 0.3 is 0 Å². The van der Waals surface area contributed by atoms with E-state index in [1.807, 2.05) is 34.1 Å². The van der Waals surface area contributed by atoms with Crippen LogP contribution < -0.4 is 10.2 Å². The molecule has 1 aromatic heterocycles. The molecule has 3 rings (SSSR count). The lowest BCUT2D eigenvalue weighted by Gasteiger charge is -2.16. The van der Waals surface area contributed by atoms with E-state index in [0.29, 0.717) is 0 Å². The van der Waals surface area contributed by atoms with Crippen molar-refractivity contribution in [1.29, 1.82) is 0 Å². The number of aryl methyl sites for hydroxylation is 1. The van der Waals surface area contributed by atoms with Crippen LogP contribution in [-0.4, -0.2) is 32.2 Å². The van der Waals surface area contributed by atoms with Crippen LogP contribution in [0.25, 0.3) is 10.8 Å². The Labute approximate surface area is 129 Å². The van der Waals surface area contributed by atoms with Gasteiger partial charge in [-0.3, -0.25) is 0 Å². The lowest BCUT2D eigenvalue weighted by Crippen LogP contribution is -2.18. The van der Waals surface area contributed by atoms with Crippen LogP contribution in [0.5, 0.6) is 0 Å². The summed E-state index contributed by atoms with van der Waals surface area (Å²) >= 11 is 0. The van der Waals surface area contributed by atoms with Gasteiger partial charge in [0.1, 0.15) is 5.82 Å². The highest BCUT2D eigenvalue weighted by atomic mass is 15.2. The van der Waals surface area contributed by atoms with E-state index >= 15 is 0 Å². The van der Waals surface area contributed by atoms with Crippen LogP contribution in [0.4, 0.5) is 5.82 Å². The van der Waals surface area contributed by atoms with Gasteiger partial charge in [-0.25, -0.2) is 4.98 Å². The molecule has 1 aliphatic rings. The minimum absolute atomic E-state index is 1.13. The van der Waals surface area contributed by atoms with Crippen LogP contribution in [0.3, 0.4) is 0 Å². The Hall–Kier alpha value is -1.61. The largest absolute Gasteiger partial charge is 0.357 e. The Balaban J connectivity index is 0.000000395. The summed E-state index contributed by atoms with van der Waals surface area (Å²) in [5.74, 6) is 1.13. The maximum absolute atomic E-state index is 4.58. The highest BCUT2D eigenvalue weighted by Crippen LogP contribution is 2.24. The van der Waals surface area contributed by atoms with E-state index in [1.54, 1.807) is 0 Å². The lowest BCUT2D eigenvalue weighted by molar-refractivity contribution is 0.940. The Morgan fingerprint density at radius 3 is 2.33 bits per heavy atom. The van der Waals surface area contributed by atoms with Gasteiger partial charge in [-0.15, -0.1) is 0 Å². The Bertz CT molecular complexity index is 531. The molecule has 21 heavy (non-hydrogen) atoms. The summed E-state index contributed by atoms with van der Waals surface area (Å²) in [5, 5.41) is 5.32. The number of nitrogens with zero attached hydrogens (tertiary/aromatic N) is 2. The fraction of sp³-hybridized carbons (Fsp3) is 0.500. The molecule has 3 heteroatoms. The number of nitrogens with one attached hydrogen (secondary N) is 1. The first-order chi connectivity index (χ1) is 10.3. The van der Waals surface area contributed by atoms with Crippen molar-refractivity contribution >= 4 is 16.6 Å². The van der Waals surface area contributed by atoms with Gasteiger partial charge in [0.05, 0.1) is 0 Å². The van der Waals surface area contributed by atoms with Crippen LogP contribution >= 0.6 is 0 Å². The van der Waals surface area contributed by atoms with E-state index in [4.69, 9.17) is 0 Å². The lowest BCUT2D eigenvalue weighted by atomic mass is 10.1. The van der Waals surface area contributed by atoms with Crippen molar-refractivity contribution in [2.45, 2.75) is 33.6 Å². The average Bonchev–Trinajstić information content (AvgIpc) is 3.04. The SMILES string of the molecule is CC.CNC.Cc1cccc2cc(N3CCCC3)ncc12. The maximum Gasteiger partial charge on any atom is 0.129 e. The van der Waals surface area contributed by atoms with Gasteiger partial charge in [0, 0.05) is 24.7 Å². The van der Waals surface area contributed by atoms with Crippen molar-refractivity contribution in [3.63, 3.8) is 0 Å². The molecule has 0 saturated carbocycles. The molecule has 0 atom stereocenters. The number of aromatic nitrogens is 1. The van der Waals surface area contributed by atoms with E-state index in [1.165, 1.54) is 29.2 Å². The summed E-state index contributed by atoms with van der Waals surface area (Å²) < 4.78 is 0. The van der Waals surface area contributed by atoms with Crippen molar-refractivity contribution < 1.29 is 0 Å². The molecule has 1 fully saturated rings. The molecule has 2 aromatic rings. The van der Waals surface area contributed by atoms with Crippen LogP contribution in [0.15, 0.2) is 30.5 Å². The van der Waals surface area contributed by atoms with Crippen LogP contribution in [-0.2, 0) is 0 Å². The summed E-state index contributed by atoms with van der Waals surface area (Å²) in [7, 11) is 3.75. The number of fused-ring (bicyclic) bond motifs is 1. The third-order valence-corrected chi connectivity index (χ3v) is 3.40. The summed E-state index contributed by atoms with van der Waals surface area (Å²) in [6.07, 6.45) is 4.61. The number of benzene rings is 1. The summed E-state index contributed by atoms with van der Waals surface area (Å²) in [5.41, 5.74) is 1.30. The van der Waals surface area contributed by atoms with Gasteiger partial charge < -0.3 is 10.2 Å². The van der Waals surface area contributed by atoms with E-state index < -0.39 is 0 Å². The molecule has 0 radical (unpaired) electrons. The molecular weight excluding hydrogens is 258 g/mol.